The predicted octanol–water partition coefficient (Wildman–Crippen LogP) is 1.53. The van der Waals surface area contributed by atoms with Crippen LogP contribution in [0.15, 0.2) is 17.2 Å². The molecular formula is C11H16BrN3O. The van der Waals surface area contributed by atoms with Crippen LogP contribution >= 0.6 is 15.9 Å². The van der Waals surface area contributed by atoms with Crippen LogP contribution in [-0.2, 0) is 7.05 Å². The van der Waals surface area contributed by atoms with Gasteiger partial charge in [0.05, 0.1) is 0 Å². The first-order valence-electron chi connectivity index (χ1n) is 5.58. The highest BCUT2D eigenvalue weighted by molar-refractivity contribution is 9.09. The van der Waals surface area contributed by atoms with E-state index < -0.39 is 0 Å². The molecule has 0 N–H and O–H groups in total. The van der Waals surface area contributed by atoms with Gasteiger partial charge >= 0.3 is 0 Å². The van der Waals surface area contributed by atoms with Crippen LogP contribution in [0.25, 0.3) is 0 Å². The van der Waals surface area contributed by atoms with E-state index in [-0.39, 0.29) is 5.56 Å². The van der Waals surface area contributed by atoms with E-state index in [9.17, 15) is 4.79 Å². The van der Waals surface area contributed by atoms with Gasteiger partial charge in [-0.1, -0.05) is 15.9 Å². The Kier molecular flexibility index (Phi) is 3.63. The molecule has 0 aromatic carbocycles. The lowest BCUT2D eigenvalue weighted by molar-refractivity contribution is 0.484. The van der Waals surface area contributed by atoms with Crippen LogP contribution in [-0.4, -0.2) is 27.5 Å². The maximum Gasteiger partial charge on any atom is 0.293 e. The Morgan fingerprint density at radius 2 is 2.38 bits per heavy atom. The molecule has 5 heteroatoms. The second-order valence-electron chi connectivity index (χ2n) is 4.16. The Hall–Kier alpha value is -0.840. The van der Waals surface area contributed by atoms with Gasteiger partial charge in [0.2, 0.25) is 0 Å². The third-order valence-corrected chi connectivity index (χ3v) is 3.82. The average Bonchev–Trinajstić information content (AvgIpc) is 2.33. The van der Waals surface area contributed by atoms with E-state index in [0.29, 0.717) is 11.9 Å². The molecule has 0 saturated carbocycles. The standard InChI is InChI=1S/C11H16BrN3O/c1-14-7-5-13-10(11(14)16)15-6-3-2-4-9(15)8-12/h5,7,9H,2-4,6,8H2,1H3. The van der Waals surface area contributed by atoms with Gasteiger partial charge in [-0.25, -0.2) is 4.98 Å². The average molecular weight is 286 g/mol. The zero-order chi connectivity index (χ0) is 11.5. The van der Waals surface area contributed by atoms with Gasteiger partial charge in [0, 0.05) is 37.4 Å². The van der Waals surface area contributed by atoms with E-state index in [1.54, 1.807) is 24.0 Å². The lowest BCUT2D eigenvalue weighted by atomic mass is 10.0. The lowest BCUT2D eigenvalue weighted by Crippen LogP contribution is -2.44. The fourth-order valence-corrected chi connectivity index (χ4v) is 2.79. The van der Waals surface area contributed by atoms with E-state index >= 15 is 0 Å². The number of anilines is 1. The lowest BCUT2D eigenvalue weighted by Gasteiger charge is -2.35. The molecule has 2 rings (SSSR count). The molecule has 1 atom stereocenters. The molecule has 1 unspecified atom stereocenters. The minimum Gasteiger partial charge on any atom is -0.348 e. The normalized spacial score (nSPS) is 21.1. The van der Waals surface area contributed by atoms with Crippen LogP contribution in [0.1, 0.15) is 19.3 Å². The van der Waals surface area contributed by atoms with Crippen LogP contribution in [0.3, 0.4) is 0 Å². The van der Waals surface area contributed by atoms with Crippen molar-refractivity contribution in [1.29, 1.82) is 0 Å². The van der Waals surface area contributed by atoms with Gasteiger partial charge in [-0.2, -0.15) is 0 Å². The number of halogens is 1. The summed E-state index contributed by atoms with van der Waals surface area (Å²) in [6.07, 6.45) is 6.89. The van der Waals surface area contributed by atoms with Crippen molar-refractivity contribution in [3.63, 3.8) is 0 Å². The molecule has 2 heterocycles. The second kappa shape index (κ2) is 4.99. The number of hydrogen-bond donors (Lipinski definition) is 0. The summed E-state index contributed by atoms with van der Waals surface area (Å²) in [6, 6.07) is 0.399. The number of alkyl halides is 1. The van der Waals surface area contributed by atoms with Crippen LogP contribution < -0.4 is 10.5 Å². The molecule has 0 aliphatic carbocycles. The highest BCUT2D eigenvalue weighted by Crippen LogP contribution is 2.21. The zero-order valence-corrected chi connectivity index (χ0v) is 11.0. The van der Waals surface area contributed by atoms with E-state index in [1.165, 1.54) is 6.42 Å². The molecule has 1 saturated heterocycles. The minimum absolute atomic E-state index is 0.00431. The number of hydrogen-bond acceptors (Lipinski definition) is 3. The topological polar surface area (TPSA) is 38.1 Å². The Labute approximate surface area is 103 Å². The summed E-state index contributed by atoms with van der Waals surface area (Å²) in [5.74, 6) is 0.592. The molecule has 0 bridgehead atoms. The van der Waals surface area contributed by atoms with E-state index in [0.717, 1.165) is 24.7 Å². The SMILES string of the molecule is Cn1ccnc(N2CCCCC2CBr)c1=O. The second-order valence-corrected chi connectivity index (χ2v) is 4.81. The molecule has 1 aliphatic rings. The number of nitrogens with zero attached hydrogens (tertiary/aromatic N) is 3. The van der Waals surface area contributed by atoms with Crippen LogP contribution in [0.5, 0.6) is 0 Å². The molecule has 1 aromatic rings. The smallest absolute Gasteiger partial charge is 0.293 e. The van der Waals surface area contributed by atoms with Gasteiger partial charge in [-0.15, -0.1) is 0 Å². The molecule has 0 radical (unpaired) electrons. The summed E-state index contributed by atoms with van der Waals surface area (Å²) in [7, 11) is 1.76. The summed E-state index contributed by atoms with van der Waals surface area (Å²) in [5.41, 5.74) is -0.00431. The maximum atomic E-state index is 12.0. The largest absolute Gasteiger partial charge is 0.348 e. The van der Waals surface area contributed by atoms with Crippen molar-refractivity contribution in [2.75, 3.05) is 16.8 Å². The zero-order valence-electron chi connectivity index (χ0n) is 9.40. The number of piperidine rings is 1. The van der Waals surface area contributed by atoms with Crippen molar-refractivity contribution in [3.05, 3.63) is 22.7 Å². The van der Waals surface area contributed by atoms with Gasteiger partial charge in [0.15, 0.2) is 5.82 Å². The predicted molar refractivity (Wildman–Crippen MR) is 68.3 cm³/mol. The molecular weight excluding hydrogens is 270 g/mol. The van der Waals surface area contributed by atoms with Gasteiger partial charge in [-0.3, -0.25) is 4.79 Å². The minimum atomic E-state index is -0.00431. The molecule has 1 aromatic heterocycles. The summed E-state index contributed by atoms with van der Waals surface area (Å²) in [4.78, 5) is 18.3. The molecule has 16 heavy (non-hydrogen) atoms. The molecule has 0 amide bonds. The van der Waals surface area contributed by atoms with Gasteiger partial charge in [0.25, 0.3) is 5.56 Å². The molecule has 4 nitrogen and oxygen atoms in total. The molecule has 1 aliphatic heterocycles. The number of aryl methyl sites for hydroxylation is 1. The van der Waals surface area contributed by atoms with Gasteiger partial charge in [0.1, 0.15) is 0 Å². The molecule has 0 spiro atoms. The summed E-state index contributed by atoms with van der Waals surface area (Å²) in [6.45, 7) is 0.933. The Bertz CT molecular complexity index is 418. The fourth-order valence-electron chi connectivity index (χ4n) is 2.12. The van der Waals surface area contributed by atoms with E-state index in [2.05, 4.69) is 25.8 Å². The summed E-state index contributed by atoms with van der Waals surface area (Å²) in [5, 5.41) is 0.896. The van der Waals surface area contributed by atoms with E-state index in [1.807, 2.05) is 0 Å². The van der Waals surface area contributed by atoms with Crippen molar-refractivity contribution < 1.29 is 0 Å². The molecule has 1 fully saturated rings. The van der Waals surface area contributed by atoms with E-state index in [4.69, 9.17) is 0 Å². The third-order valence-electron chi connectivity index (χ3n) is 3.08. The Balaban J connectivity index is 2.34. The van der Waals surface area contributed by atoms with Crippen molar-refractivity contribution >= 4 is 21.7 Å². The highest BCUT2D eigenvalue weighted by atomic mass is 79.9. The van der Waals surface area contributed by atoms with Crippen molar-refractivity contribution in [1.82, 2.24) is 9.55 Å². The van der Waals surface area contributed by atoms with Crippen LogP contribution in [0, 0.1) is 0 Å². The first-order chi connectivity index (χ1) is 7.74. The van der Waals surface area contributed by atoms with Gasteiger partial charge in [-0.05, 0) is 19.3 Å². The Morgan fingerprint density at radius 1 is 1.56 bits per heavy atom. The van der Waals surface area contributed by atoms with Crippen LogP contribution in [0.4, 0.5) is 5.82 Å². The van der Waals surface area contributed by atoms with Gasteiger partial charge < -0.3 is 9.47 Å². The first-order valence-corrected chi connectivity index (χ1v) is 6.70. The monoisotopic (exact) mass is 285 g/mol. The van der Waals surface area contributed by atoms with Crippen molar-refractivity contribution in [3.8, 4) is 0 Å². The fraction of sp³-hybridized carbons (Fsp3) is 0.636. The quantitative estimate of drug-likeness (QED) is 0.774. The summed E-state index contributed by atoms with van der Waals surface area (Å²) < 4.78 is 1.59. The first kappa shape index (κ1) is 11.6. The molecule has 88 valence electrons. The van der Waals surface area contributed by atoms with Crippen LogP contribution in [0.2, 0.25) is 0 Å². The summed E-state index contributed by atoms with van der Waals surface area (Å²) >= 11 is 3.51. The number of rotatable bonds is 2. The van der Waals surface area contributed by atoms with Crippen molar-refractivity contribution in [2.24, 2.45) is 7.05 Å². The Morgan fingerprint density at radius 3 is 3.12 bits per heavy atom. The highest BCUT2D eigenvalue weighted by Gasteiger charge is 2.24. The van der Waals surface area contributed by atoms with Crippen molar-refractivity contribution in [2.45, 2.75) is 25.3 Å². The number of aromatic nitrogens is 2. The maximum absolute atomic E-state index is 12.0. The third kappa shape index (κ3) is 2.14.